The van der Waals surface area contributed by atoms with Crippen LogP contribution in [0.4, 0.5) is 10.1 Å². The van der Waals surface area contributed by atoms with Gasteiger partial charge in [-0.3, -0.25) is 9.48 Å². The van der Waals surface area contributed by atoms with E-state index in [1.54, 1.807) is 16.8 Å². The lowest BCUT2D eigenvalue weighted by atomic mass is 9.92. The number of halogens is 3. The number of hydrogen-bond acceptors (Lipinski definition) is 4. The van der Waals surface area contributed by atoms with E-state index in [1.807, 2.05) is 48.6 Å². The van der Waals surface area contributed by atoms with Crippen molar-refractivity contribution in [3.05, 3.63) is 75.3 Å². The van der Waals surface area contributed by atoms with E-state index in [2.05, 4.69) is 5.10 Å². The van der Waals surface area contributed by atoms with Crippen LogP contribution in [-0.2, 0) is 17.8 Å². The van der Waals surface area contributed by atoms with E-state index >= 15 is 0 Å². The zero-order chi connectivity index (χ0) is 23.7. The molecule has 1 atom stereocenters. The van der Waals surface area contributed by atoms with Crippen LogP contribution < -0.4 is 4.31 Å². The maximum atomic E-state index is 14.4. The van der Waals surface area contributed by atoms with Crippen molar-refractivity contribution in [3.63, 3.8) is 0 Å². The molecule has 0 radical (unpaired) electrons. The number of carboxylic acids is 1. The zero-order valence-electron chi connectivity index (χ0n) is 18.1. The van der Waals surface area contributed by atoms with Crippen LogP contribution in [0.2, 0.25) is 10.2 Å². The maximum Gasteiger partial charge on any atom is 0.308 e. The predicted octanol–water partition coefficient (Wildman–Crippen LogP) is 6.68. The van der Waals surface area contributed by atoms with Gasteiger partial charge in [-0.2, -0.15) is 5.10 Å². The van der Waals surface area contributed by atoms with Crippen molar-refractivity contribution in [2.75, 3.05) is 10.8 Å². The van der Waals surface area contributed by atoms with Gasteiger partial charge in [-0.1, -0.05) is 47.5 Å². The Kier molecular flexibility index (Phi) is 7.02. The fourth-order valence-corrected chi connectivity index (χ4v) is 5.48. The van der Waals surface area contributed by atoms with E-state index in [0.29, 0.717) is 40.8 Å². The summed E-state index contributed by atoms with van der Waals surface area (Å²) >= 11 is 13.9. The second-order valence-electron chi connectivity index (χ2n) is 7.84. The lowest BCUT2D eigenvalue weighted by Crippen LogP contribution is -2.35. The number of aliphatic carboxylic acids is 1. The van der Waals surface area contributed by atoms with Crippen molar-refractivity contribution < 1.29 is 14.3 Å². The summed E-state index contributed by atoms with van der Waals surface area (Å²) in [6.45, 7) is 4.79. The molecule has 3 aromatic rings. The van der Waals surface area contributed by atoms with Gasteiger partial charge in [-0.25, -0.2) is 4.39 Å². The molecule has 1 aromatic heterocycles. The summed E-state index contributed by atoms with van der Waals surface area (Å²) in [7, 11) is 0. The average Bonchev–Trinajstić information content (AvgIpc) is 3.13. The van der Waals surface area contributed by atoms with Gasteiger partial charge in [0, 0.05) is 24.8 Å². The van der Waals surface area contributed by atoms with Gasteiger partial charge in [0.1, 0.15) is 5.82 Å². The molecule has 9 heteroatoms. The van der Waals surface area contributed by atoms with Crippen molar-refractivity contribution in [2.45, 2.75) is 31.7 Å². The van der Waals surface area contributed by atoms with E-state index < -0.39 is 11.9 Å². The zero-order valence-corrected chi connectivity index (χ0v) is 20.4. The molecule has 0 spiro atoms. The van der Waals surface area contributed by atoms with Crippen LogP contribution in [0.3, 0.4) is 0 Å². The summed E-state index contributed by atoms with van der Waals surface area (Å²) in [5.74, 6) is -1.75. The van der Waals surface area contributed by atoms with Crippen LogP contribution in [-0.4, -0.2) is 27.4 Å². The number of fused-ring (bicyclic) bond motifs is 1. The highest BCUT2D eigenvalue weighted by atomic mass is 35.5. The van der Waals surface area contributed by atoms with E-state index in [-0.39, 0.29) is 5.82 Å². The van der Waals surface area contributed by atoms with Gasteiger partial charge in [-0.05, 0) is 67.1 Å². The van der Waals surface area contributed by atoms with Crippen molar-refractivity contribution in [1.82, 2.24) is 9.78 Å². The fraction of sp³-hybridized carbons (Fsp3) is 0.250. The highest BCUT2D eigenvalue weighted by Crippen LogP contribution is 2.40. The Labute approximate surface area is 205 Å². The number of aryl methyl sites for hydroxylation is 1. The quantitative estimate of drug-likeness (QED) is 0.299. The number of carbonyl (C=O) groups is 1. The van der Waals surface area contributed by atoms with E-state index in [4.69, 9.17) is 23.2 Å². The summed E-state index contributed by atoms with van der Waals surface area (Å²) in [5.41, 5.74) is 3.76. The SMILES string of the molecule is CCn1cc(SN2CC(C(=O)O)Cc3ccc(/C=C(\C)c4c(F)cccc4Cl)cc32)c(Cl)n1. The summed E-state index contributed by atoms with van der Waals surface area (Å²) in [6, 6.07) is 10.4. The lowest BCUT2D eigenvalue weighted by Gasteiger charge is -2.33. The Hall–Kier alpha value is -2.48. The highest BCUT2D eigenvalue weighted by molar-refractivity contribution is 8.00. The Morgan fingerprint density at radius 2 is 2.12 bits per heavy atom. The van der Waals surface area contributed by atoms with Crippen LogP contribution >= 0.6 is 35.1 Å². The fourth-order valence-electron chi connectivity index (χ4n) is 3.87. The summed E-state index contributed by atoms with van der Waals surface area (Å²) in [4.78, 5) is 12.5. The van der Waals surface area contributed by atoms with Gasteiger partial charge in [0.15, 0.2) is 5.15 Å². The van der Waals surface area contributed by atoms with Gasteiger partial charge in [0.05, 0.1) is 21.5 Å². The minimum atomic E-state index is -0.837. The molecule has 0 bridgehead atoms. The molecule has 1 N–H and O–H groups in total. The molecule has 4 rings (SSSR count). The third kappa shape index (κ3) is 5.05. The standard InChI is InChI=1S/C24H22Cl2FN3O2S/c1-3-29-13-21(23(26)28-29)33-30-12-17(24(31)32)11-16-8-7-15(10-20(16)30)9-14(2)22-18(25)5-4-6-19(22)27/h4-10,13,17H,3,11-12H2,1-2H3,(H,31,32)/b14-9+. The minimum absolute atomic E-state index is 0.325. The molecule has 33 heavy (non-hydrogen) atoms. The molecule has 1 unspecified atom stereocenters. The molecule has 172 valence electrons. The van der Waals surface area contributed by atoms with Crippen LogP contribution in [0.1, 0.15) is 30.5 Å². The summed E-state index contributed by atoms with van der Waals surface area (Å²) < 4.78 is 18.0. The predicted molar refractivity (Wildman–Crippen MR) is 132 cm³/mol. The van der Waals surface area contributed by atoms with Gasteiger partial charge < -0.3 is 9.41 Å². The van der Waals surface area contributed by atoms with Gasteiger partial charge in [0.25, 0.3) is 0 Å². The molecule has 2 heterocycles. The number of benzene rings is 2. The second kappa shape index (κ2) is 9.79. The monoisotopic (exact) mass is 505 g/mol. The molecule has 0 saturated carbocycles. The molecular formula is C24H22Cl2FN3O2S. The Morgan fingerprint density at radius 3 is 2.79 bits per heavy atom. The first-order valence-corrected chi connectivity index (χ1v) is 12.0. The molecule has 0 aliphatic carbocycles. The lowest BCUT2D eigenvalue weighted by molar-refractivity contribution is -0.141. The highest BCUT2D eigenvalue weighted by Gasteiger charge is 2.30. The number of anilines is 1. The number of carboxylic acid groups (broad SMARTS) is 1. The van der Waals surface area contributed by atoms with Crippen LogP contribution in [0.15, 0.2) is 47.5 Å². The summed E-state index contributed by atoms with van der Waals surface area (Å²) in [5, 5.41) is 14.7. The van der Waals surface area contributed by atoms with Crippen LogP contribution in [0.5, 0.6) is 0 Å². The third-order valence-electron chi connectivity index (χ3n) is 5.54. The van der Waals surface area contributed by atoms with E-state index in [9.17, 15) is 14.3 Å². The average molecular weight is 506 g/mol. The topological polar surface area (TPSA) is 58.4 Å². The van der Waals surface area contributed by atoms with Gasteiger partial charge in [-0.15, -0.1) is 0 Å². The van der Waals surface area contributed by atoms with E-state index in [1.165, 1.54) is 18.0 Å². The Balaban J connectivity index is 1.71. The van der Waals surface area contributed by atoms with Gasteiger partial charge in [0.2, 0.25) is 0 Å². The normalized spacial score (nSPS) is 16.1. The third-order valence-corrected chi connectivity index (χ3v) is 7.31. The number of rotatable bonds is 6. The molecule has 5 nitrogen and oxygen atoms in total. The smallest absolute Gasteiger partial charge is 0.308 e. The molecule has 2 aromatic carbocycles. The first-order valence-electron chi connectivity index (χ1n) is 10.4. The number of nitrogens with zero attached hydrogens (tertiary/aromatic N) is 3. The largest absolute Gasteiger partial charge is 0.481 e. The first kappa shape index (κ1) is 23.7. The van der Waals surface area contributed by atoms with Crippen molar-refractivity contribution in [1.29, 1.82) is 0 Å². The molecule has 0 fully saturated rings. The van der Waals surface area contributed by atoms with Crippen molar-refractivity contribution in [3.8, 4) is 0 Å². The number of hydrogen-bond donors (Lipinski definition) is 1. The Morgan fingerprint density at radius 1 is 1.33 bits per heavy atom. The molecule has 1 aliphatic heterocycles. The van der Waals surface area contributed by atoms with Crippen molar-refractivity contribution >= 4 is 58.5 Å². The van der Waals surface area contributed by atoms with Crippen LogP contribution in [0.25, 0.3) is 11.6 Å². The second-order valence-corrected chi connectivity index (χ2v) is 9.67. The van der Waals surface area contributed by atoms with E-state index in [0.717, 1.165) is 21.7 Å². The molecule has 1 aliphatic rings. The molecular weight excluding hydrogens is 484 g/mol. The summed E-state index contributed by atoms with van der Waals surface area (Å²) in [6.07, 6.45) is 4.16. The number of aromatic nitrogens is 2. The number of allylic oxidation sites excluding steroid dienone is 1. The minimum Gasteiger partial charge on any atom is -0.481 e. The molecule has 0 saturated heterocycles. The van der Waals surface area contributed by atoms with Crippen LogP contribution in [0, 0.1) is 11.7 Å². The first-order chi connectivity index (χ1) is 15.8. The maximum absolute atomic E-state index is 14.4. The Bertz CT molecular complexity index is 1220. The van der Waals surface area contributed by atoms with Gasteiger partial charge >= 0.3 is 5.97 Å². The van der Waals surface area contributed by atoms with Crippen molar-refractivity contribution in [2.24, 2.45) is 5.92 Å². The molecule has 0 amide bonds.